The van der Waals surface area contributed by atoms with Crippen molar-refractivity contribution in [3.8, 4) is 0 Å². The van der Waals surface area contributed by atoms with Crippen LogP contribution in [0.5, 0.6) is 0 Å². The third kappa shape index (κ3) is 1.71. The molecule has 0 radical (unpaired) electrons. The van der Waals surface area contributed by atoms with E-state index in [1.54, 1.807) is 6.92 Å². The van der Waals surface area contributed by atoms with Crippen LogP contribution in [0.2, 0.25) is 0 Å². The number of carbonyl (C=O) groups is 1. The molecule has 0 aromatic carbocycles. The molecule has 64 valence electrons. The van der Waals surface area contributed by atoms with Crippen LogP contribution in [0, 0.1) is 5.92 Å². The van der Waals surface area contributed by atoms with Crippen LogP contribution in [0.3, 0.4) is 0 Å². The smallest absolute Gasteiger partial charge is 0.249 e. The molecule has 0 aromatic heterocycles. The fourth-order valence-corrected chi connectivity index (χ4v) is 1.48. The Morgan fingerprint density at radius 1 is 1.73 bits per heavy atom. The highest BCUT2D eigenvalue weighted by atomic mass is 16.5. The Morgan fingerprint density at radius 2 is 2.36 bits per heavy atom. The molecule has 2 atom stereocenters. The number of hydrogen-bond acceptors (Lipinski definition) is 2. The molecule has 0 spiro atoms. The molecular weight excluding hydrogens is 142 g/mol. The second-order valence-electron chi connectivity index (χ2n) is 3.54. The number of rotatable bonds is 1. The van der Waals surface area contributed by atoms with Crippen molar-refractivity contribution in [2.75, 3.05) is 6.61 Å². The monoisotopic (exact) mass is 157 g/mol. The molecule has 2 N–H and O–H groups in total. The van der Waals surface area contributed by atoms with Crippen LogP contribution in [0.4, 0.5) is 0 Å². The van der Waals surface area contributed by atoms with Crippen molar-refractivity contribution in [3.63, 3.8) is 0 Å². The third-order valence-corrected chi connectivity index (χ3v) is 2.29. The lowest BCUT2D eigenvalue weighted by molar-refractivity contribution is -0.150. The molecule has 1 rings (SSSR count). The lowest BCUT2D eigenvalue weighted by Crippen LogP contribution is -2.47. The average Bonchev–Trinajstić information content (AvgIpc) is 1.86. The Morgan fingerprint density at radius 3 is 2.73 bits per heavy atom. The second-order valence-corrected chi connectivity index (χ2v) is 3.54. The first kappa shape index (κ1) is 8.53. The largest absolute Gasteiger partial charge is 0.367 e. The van der Waals surface area contributed by atoms with Crippen molar-refractivity contribution >= 4 is 5.91 Å². The summed E-state index contributed by atoms with van der Waals surface area (Å²) in [6.45, 7) is 4.54. The van der Waals surface area contributed by atoms with Crippen molar-refractivity contribution in [2.24, 2.45) is 11.7 Å². The van der Waals surface area contributed by atoms with Crippen molar-refractivity contribution in [1.29, 1.82) is 0 Å². The van der Waals surface area contributed by atoms with Gasteiger partial charge >= 0.3 is 0 Å². The SMILES string of the molecule is CC1CCOC(C)(C(N)=O)C1. The summed E-state index contributed by atoms with van der Waals surface area (Å²) in [4.78, 5) is 10.9. The maximum absolute atomic E-state index is 10.9. The van der Waals surface area contributed by atoms with E-state index >= 15 is 0 Å². The maximum Gasteiger partial charge on any atom is 0.249 e. The minimum absolute atomic E-state index is 0.343. The Kier molecular flexibility index (Phi) is 2.18. The topological polar surface area (TPSA) is 52.3 Å². The van der Waals surface area contributed by atoms with E-state index in [1.165, 1.54) is 0 Å². The van der Waals surface area contributed by atoms with Gasteiger partial charge in [0.05, 0.1) is 0 Å². The maximum atomic E-state index is 10.9. The van der Waals surface area contributed by atoms with E-state index < -0.39 is 5.60 Å². The molecule has 11 heavy (non-hydrogen) atoms. The van der Waals surface area contributed by atoms with Gasteiger partial charge in [0.15, 0.2) is 0 Å². The Bertz CT molecular complexity index is 169. The van der Waals surface area contributed by atoms with Gasteiger partial charge in [-0.2, -0.15) is 0 Å². The molecule has 1 aliphatic heterocycles. The van der Waals surface area contributed by atoms with Crippen LogP contribution < -0.4 is 5.73 Å². The van der Waals surface area contributed by atoms with Gasteiger partial charge in [0.1, 0.15) is 5.60 Å². The van der Waals surface area contributed by atoms with Crippen LogP contribution in [0.15, 0.2) is 0 Å². The highest BCUT2D eigenvalue weighted by molar-refractivity contribution is 5.83. The molecule has 3 nitrogen and oxygen atoms in total. The molecule has 3 heteroatoms. The summed E-state index contributed by atoms with van der Waals surface area (Å²) >= 11 is 0. The van der Waals surface area contributed by atoms with Crippen LogP contribution in [-0.2, 0) is 9.53 Å². The molecule has 0 aliphatic carbocycles. The summed E-state index contributed by atoms with van der Waals surface area (Å²) in [5, 5.41) is 0. The molecule has 0 aromatic rings. The molecule has 2 unspecified atom stereocenters. The van der Waals surface area contributed by atoms with Crippen molar-refractivity contribution in [1.82, 2.24) is 0 Å². The van der Waals surface area contributed by atoms with Gasteiger partial charge in [-0.15, -0.1) is 0 Å². The lowest BCUT2D eigenvalue weighted by Gasteiger charge is -2.34. The van der Waals surface area contributed by atoms with E-state index in [0.717, 1.165) is 12.8 Å². The zero-order valence-electron chi connectivity index (χ0n) is 7.09. The van der Waals surface area contributed by atoms with Crippen molar-refractivity contribution < 1.29 is 9.53 Å². The minimum atomic E-state index is -0.711. The third-order valence-electron chi connectivity index (χ3n) is 2.29. The quantitative estimate of drug-likeness (QED) is 0.608. The Balaban J connectivity index is 2.63. The van der Waals surface area contributed by atoms with Gasteiger partial charge in [0.2, 0.25) is 5.91 Å². The normalized spacial score (nSPS) is 38.5. The number of ether oxygens (including phenoxy) is 1. The molecular formula is C8H15NO2. The number of nitrogens with two attached hydrogens (primary N) is 1. The minimum Gasteiger partial charge on any atom is -0.367 e. The first-order valence-corrected chi connectivity index (χ1v) is 3.98. The molecule has 1 heterocycles. The summed E-state index contributed by atoms with van der Waals surface area (Å²) in [7, 11) is 0. The summed E-state index contributed by atoms with van der Waals surface area (Å²) in [5.74, 6) is 0.199. The molecule has 1 saturated heterocycles. The molecule has 0 bridgehead atoms. The first-order valence-electron chi connectivity index (χ1n) is 3.98. The van der Waals surface area contributed by atoms with Crippen LogP contribution in [-0.4, -0.2) is 18.1 Å². The van der Waals surface area contributed by atoms with Crippen LogP contribution in [0.25, 0.3) is 0 Å². The van der Waals surface area contributed by atoms with E-state index in [0.29, 0.717) is 12.5 Å². The van der Waals surface area contributed by atoms with Crippen LogP contribution in [0.1, 0.15) is 26.7 Å². The van der Waals surface area contributed by atoms with Gasteiger partial charge in [-0.3, -0.25) is 4.79 Å². The summed E-state index contributed by atoms with van der Waals surface area (Å²) < 4.78 is 5.32. The van der Waals surface area contributed by atoms with E-state index in [9.17, 15) is 4.79 Å². The highest BCUT2D eigenvalue weighted by Crippen LogP contribution is 2.28. The number of hydrogen-bond donors (Lipinski definition) is 1. The summed E-state index contributed by atoms with van der Waals surface area (Å²) in [5.41, 5.74) is 4.49. The van der Waals surface area contributed by atoms with Gasteiger partial charge in [-0.1, -0.05) is 6.92 Å². The highest BCUT2D eigenvalue weighted by Gasteiger charge is 2.36. The molecule has 0 saturated carbocycles. The number of amides is 1. The van der Waals surface area contributed by atoms with Gasteiger partial charge in [-0.25, -0.2) is 0 Å². The Labute approximate surface area is 66.9 Å². The fourth-order valence-electron chi connectivity index (χ4n) is 1.48. The fraction of sp³-hybridized carbons (Fsp3) is 0.875. The Hall–Kier alpha value is -0.570. The van der Waals surface area contributed by atoms with Gasteiger partial charge in [0, 0.05) is 6.61 Å². The summed E-state index contributed by atoms with van der Waals surface area (Å²) in [6.07, 6.45) is 1.78. The zero-order chi connectivity index (χ0) is 8.48. The number of primary amides is 1. The van der Waals surface area contributed by atoms with E-state index in [2.05, 4.69) is 6.92 Å². The van der Waals surface area contributed by atoms with Gasteiger partial charge < -0.3 is 10.5 Å². The number of carbonyl (C=O) groups excluding carboxylic acids is 1. The average molecular weight is 157 g/mol. The first-order chi connectivity index (χ1) is 5.04. The van der Waals surface area contributed by atoms with E-state index in [4.69, 9.17) is 10.5 Å². The van der Waals surface area contributed by atoms with E-state index in [-0.39, 0.29) is 5.91 Å². The molecule has 1 amide bonds. The summed E-state index contributed by atoms with van der Waals surface area (Å²) in [6, 6.07) is 0. The predicted octanol–water partition coefficient (Wildman–Crippen LogP) is 0.677. The van der Waals surface area contributed by atoms with E-state index in [1.807, 2.05) is 0 Å². The van der Waals surface area contributed by atoms with Gasteiger partial charge in [0.25, 0.3) is 0 Å². The standard InChI is InChI=1S/C8H15NO2/c1-6-3-4-11-8(2,5-6)7(9)10/h6H,3-5H2,1-2H3,(H2,9,10). The van der Waals surface area contributed by atoms with Crippen molar-refractivity contribution in [3.05, 3.63) is 0 Å². The lowest BCUT2D eigenvalue weighted by atomic mass is 9.88. The zero-order valence-corrected chi connectivity index (χ0v) is 7.09. The molecule has 1 fully saturated rings. The van der Waals surface area contributed by atoms with Crippen LogP contribution >= 0.6 is 0 Å². The van der Waals surface area contributed by atoms with Gasteiger partial charge in [-0.05, 0) is 25.7 Å². The molecule has 1 aliphatic rings. The predicted molar refractivity (Wildman–Crippen MR) is 41.9 cm³/mol. The second kappa shape index (κ2) is 2.81. The van der Waals surface area contributed by atoms with Crippen molar-refractivity contribution in [2.45, 2.75) is 32.3 Å².